The maximum atomic E-state index is 10.4. The van der Waals surface area contributed by atoms with Crippen molar-refractivity contribution in [1.29, 1.82) is 0 Å². The molecule has 1 saturated heterocycles. The zero-order valence-electron chi connectivity index (χ0n) is 17.2. The topological polar surface area (TPSA) is 90.2 Å². The second-order valence-electron chi connectivity index (χ2n) is 7.46. The molecule has 27 heavy (non-hydrogen) atoms. The minimum absolute atomic E-state index is 0.431. The Bertz CT molecular complexity index is 914. The van der Waals surface area contributed by atoms with Gasteiger partial charge in [0, 0.05) is 2.74 Å². The van der Waals surface area contributed by atoms with Gasteiger partial charge in [0.2, 0.25) is 0 Å². The summed E-state index contributed by atoms with van der Waals surface area (Å²) in [6.45, 7) is 1.54. The van der Waals surface area contributed by atoms with Gasteiger partial charge in [-0.2, -0.15) is 0 Å². The number of hydrogen-bond donors (Lipinski definition) is 4. The van der Waals surface area contributed by atoms with Crippen molar-refractivity contribution in [3.8, 4) is 0 Å². The lowest BCUT2D eigenvalue weighted by atomic mass is 9.85. The largest absolute Gasteiger partial charge is 0.394 e. The SMILES string of the molecule is [2H]C1([2H])Cc2cc(Cc3cc([C@@H]4O[C@H](CO)[C@@H](O)[C@H](O)[C@H]4O)ccc3C)ccc21. The van der Waals surface area contributed by atoms with Gasteiger partial charge in [0.1, 0.15) is 30.5 Å². The van der Waals surface area contributed by atoms with Crippen molar-refractivity contribution in [1.82, 2.24) is 0 Å². The van der Waals surface area contributed by atoms with Crippen molar-refractivity contribution >= 4 is 0 Å². The van der Waals surface area contributed by atoms with E-state index in [0.717, 1.165) is 27.8 Å². The zero-order chi connectivity index (χ0) is 20.9. The fourth-order valence-electron chi connectivity index (χ4n) is 3.82. The van der Waals surface area contributed by atoms with Crippen molar-refractivity contribution in [2.75, 3.05) is 6.61 Å². The molecule has 2 aromatic carbocycles. The van der Waals surface area contributed by atoms with Gasteiger partial charge in [-0.1, -0.05) is 36.4 Å². The quantitative estimate of drug-likeness (QED) is 0.648. The van der Waals surface area contributed by atoms with E-state index in [1.165, 1.54) is 0 Å². The predicted octanol–water partition coefficient (Wildman–Crippen LogP) is 1.20. The Balaban J connectivity index is 1.59. The molecule has 1 fully saturated rings. The van der Waals surface area contributed by atoms with Crippen LogP contribution in [0.4, 0.5) is 0 Å². The van der Waals surface area contributed by atoms with Gasteiger partial charge in [-0.05, 0) is 59.5 Å². The van der Waals surface area contributed by atoms with Crippen LogP contribution in [-0.4, -0.2) is 51.4 Å². The molecule has 4 rings (SSSR count). The van der Waals surface area contributed by atoms with Crippen molar-refractivity contribution in [3.05, 3.63) is 69.8 Å². The Kier molecular flexibility index (Phi) is 4.41. The Hall–Kier alpha value is -1.76. The van der Waals surface area contributed by atoms with E-state index in [9.17, 15) is 20.4 Å². The van der Waals surface area contributed by atoms with Gasteiger partial charge in [0.05, 0.1) is 6.61 Å². The van der Waals surface area contributed by atoms with Crippen LogP contribution in [0.3, 0.4) is 0 Å². The third-order valence-corrected chi connectivity index (χ3v) is 5.63. The monoisotopic (exact) mass is 372 g/mol. The van der Waals surface area contributed by atoms with Gasteiger partial charge in [0.25, 0.3) is 0 Å². The number of rotatable bonds is 4. The van der Waals surface area contributed by atoms with Gasteiger partial charge < -0.3 is 25.2 Å². The summed E-state index contributed by atoms with van der Waals surface area (Å²) < 4.78 is 21.4. The van der Waals surface area contributed by atoms with E-state index >= 15 is 0 Å². The van der Waals surface area contributed by atoms with Gasteiger partial charge in [-0.3, -0.25) is 0 Å². The van der Waals surface area contributed by atoms with Gasteiger partial charge in [0.15, 0.2) is 0 Å². The van der Waals surface area contributed by atoms with Gasteiger partial charge >= 0.3 is 0 Å². The highest BCUT2D eigenvalue weighted by atomic mass is 16.5. The second-order valence-corrected chi connectivity index (χ2v) is 7.46. The number of benzene rings is 2. The van der Waals surface area contributed by atoms with E-state index in [2.05, 4.69) is 0 Å². The first kappa shape index (κ1) is 16.2. The van der Waals surface area contributed by atoms with Crippen molar-refractivity contribution in [2.45, 2.75) is 56.7 Å². The molecule has 0 radical (unpaired) electrons. The minimum atomic E-state index is -1.40. The van der Waals surface area contributed by atoms with Crippen LogP contribution in [-0.2, 0) is 24.0 Å². The van der Waals surface area contributed by atoms with Gasteiger partial charge in [-0.15, -0.1) is 0 Å². The summed E-state index contributed by atoms with van der Waals surface area (Å²) in [5.74, 6) is 0. The molecule has 0 unspecified atom stereocenters. The Morgan fingerprint density at radius 1 is 1.04 bits per heavy atom. The van der Waals surface area contributed by atoms with Crippen LogP contribution < -0.4 is 0 Å². The first-order valence-corrected chi connectivity index (χ1v) is 9.23. The van der Waals surface area contributed by atoms with Crippen LogP contribution >= 0.6 is 0 Å². The number of ether oxygens (including phenoxy) is 1. The third-order valence-electron chi connectivity index (χ3n) is 5.63. The first-order valence-electron chi connectivity index (χ1n) is 10.2. The molecule has 2 aromatic rings. The van der Waals surface area contributed by atoms with E-state index in [0.29, 0.717) is 18.4 Å². The second kappa shape index (κ2) is 7.34. The maximum Gasteiger partial charge on any atom is 0.113 e. The number of aryl methyl sites for hydroxylation is 3. The lowest BCUT2D eigenvalue weighted by Crippen LogP contribution is -2.55. The Morgan fingerprint density at radius 2 is 1.85 bits per heavy atom. The van der Waals surface area contributed by atoms with E-state index in [4.69, 9.17) is 7.48 Å². The fourth-order valence-corrected chi connectivity index (χ4v) is 3.82. The molecule has 0 saturated carbocycles. The van der Waals surface area contributed by atoms with E-state index in [1.54, 1.807) is 0 Å². The highest BCUT2D eigenvalue weighted by Gasteiger charge is 2.43. The Labute approximate surface area is 161 Å². The molecule has 5 nitrogen and oxygen atoms in total. The predicted molar refractivity (Wildman–Crippen MR) is 101 cm³/mol. The van der Waals surface area contributed by atoms with E-state index in [1.807, 2.05) is 43.3 Å². The molecule has 1 heterocycles. The average molecular weight is 372 g/mol. The van der Waals surface area contributed by atoms with Gasteiger partial charge in [-0.25, -0.2) is 0 Å². The summed E-state index contributed by atoms with van der Waals surface area (Å²) in [6, 6.07) is 11.5. The molecule has 0 bridgehead atoms. The number of aliphatic hydroxyl groups is 4. The van der Waals surface area contributed by atoms with Crippen LogP contribution in [0, 0.1) is 6.92 Å². The van der Waals surface area contributed by atoms with Crippen molar-refractivity contribution in [3.63, 3.8) is 0 Å². The molecule has 1 aliphatic carbocycles. The zero-order valence-corrected chi connectivity index (χ0v) is 15.2. The highest BCUT2D eigenvalue weighted by Crippen LogP contribution is 2.34. The molecule has 2 aliphatic rings. The third kappa shape index (κ3) is 3.42. The summed E-state index contributed by atoms with van der Waals surface area (Å²) in [7, 11) is 0. The molecule has 4 N–H and O–H groups in total. The van der Waals surface area contributed by atoms with Crippen LogP contribution in [0.15, 0.2) is 36.4 Å². The van der Waals surface area contributed by atoms with Crippen LogP contribution in [0.1, 0.15) is 42.2 Å². The minimum Gasteiger partial charge on any atom is -0.394 e. The molecule has 144 valence electrons. The molecular weight excluding hydrogens is 344 g/mol. The fraction of sp³-hybridized carbons (Fsp3) is 0.455. The van der Waals surface area contributed by atoms with E-state index in [-0.39, 0.29) is 0 Å². The highest BCUT2D eigenvalue weighted by molar-refractivity contribution is 5.42. The number of hydrogen-bond acceptors (Lipinski definition) is 5. The first-order chi connectivity index (χ1) is 13.7. The lowest BCUT2D eigenvalue weighted by Gasteiger charge is -2.40. The van der Waals surface area contributed by atoms with Crippen LogP contribution in [0.25, 0.3) is 0 Å². The molecule has 0 aromatic heterocycles. The van der Waals surface area contributed by atoms with Crippen molar-refractivity contribution in [2.24, 2.45) is 0 Å². The summed E-state index contributed by atoms with van der Waals surface area (Å²) >= 11 is 0. The van der Waals surface area contributed by atoms with Crippen LogP contribution in [0.5, 0.6) is 0 Å². The van der Waals surface area contributed by atoms with Crippen LogP contribution in [0.2, 0.25) is 0 Å². The molecule has 0 amide bonds. The standard InChI is InChI=1S/C22H26O5/c1-12-2-4-16(22-21(26)20(25)19(24)18(11-23)27-22)10-17(12)9-13-3-5-14-6-7-15(14)8-13/h2-5,8,10,18-26H,6-7,9,11H2,1H3/t18-,19-,20+,21-,22+/m1/s1/i6D2. The maximum absolute atomic E-state index is 10.4. The summed E-state index contributed by atoms with van der Waals surface area (Å²) in [4.78, 5) is 0. The Morgan fingerprint density at radius 3 is 2.56 bits per heavy atom. The molecule has 1 aliphatic heterocycles. The smallest absolute Gasteiger partial charge is 0.113 e. The lowest BCUT2D eigenvalue weighted by molar-refractivity contribution is -0.231. The molecule has 0 spiro atoms. The summed E-state index contributed by atoms with van der Waals surface area (Å²) in [6.07, 6.45) is -6.03. The number of aliphatic hydroxyl groups excluding tert-OH is 4. The number of fused-ring (bicyclic) bond motifs is 1. The van der Waals surface area contributed by atoms with E-state index < -0.39 is 43.5 Å². The van der Waals surface area contributed by atoms with Crippen molar-refractivity contribution < 1.29 is 27.9 Å². The molecule has 5 heteroatoms. The molecular formula is C22H26O5. The molecule has 5 atom stereocenters. The summed E-state index contributed by atoms with van der Waals surface area (Å²) in [5.41, 5.74) is 5.64. The summed E-state index contributed by atoms with van der Waals surface area (Å²) in [5, 5.41) is 39.9. The average Bonchev–Trinajstić information content (AvgIpc) is 2.67. The normalized spacial score (nSPS) is 32.9.